The van der Waals surface area contributed by atoms with Gasteiger partial charge in [-0.3, -0.25) is 10.4 Å². The molecule has 0 amide bonds. The number of nitrogens with one attached hydrogen (secondary N) is 2. The fraction of sp³-hybridized carbons (Fsp3) is 0.917. The molecule has 1 atom stereocenters. The minimum Gasteiger partial charge on any atom is -0.378 e. The first-order valence-electron chi connectivity index (χ1n) is 6.73. The van der Waals surface area contributed by atoms with E-state index in [1.165, 1.54) is 19.3 Å². The van der Waals surface area contributed by atoms with Crippen molar-refractivity contribution in [1.82, 2.24) is 10.7 Å². The van der Waals surface area contributed by atoms with Gasteiger partial charge in [0.2, 0.25) is 5.96 Å². The highest BCUT2D eigenvalue weighted by Crippen LogP contribution is 2.14. The Morgan fingerprint density at radius 1 is 1.47 bits per heavy atom. The molecule has 1 aliphatic heterocycles. The van der Waals surface area contributed by atoms with Crippen LogP contribution in [0.5, 0.6) is 0 Å². The van der Waals surface area contributed by atoms with Crippen LogP contribution in [0.3, 0.4) is 0 Å². The lowest BCUT2D eigenvalue weighted by molar-refractivity contribution is 0.0122. The zero-order chi connectivity index (χ0) is 12.3. The molecule has 0 saturated carbocycles. The smallest absolute Gasteiger partial charge is 0.205 e. The van der Waals surface area contributed by atoms with Crippen LogP contribution in [-0.2, 0) is 4.74 Å². The van der Waals surface area contributed by atoms with E-state index in [0.29, 0.717) is 12.1 Å². The van der Waals surface area contributed by atoms with Crippen LogP contribution in [0.1, 0.15) is 45.4 Å². The summed E-state index contributed by atoms with van der Waals surface area (Å²) in [5, 5.41) is 3.21. The number of nitrogens with zero attached hydrogens (tertiary/aromatic N) is 1. The van der Waals surface area contributed by atoms with Crippen LogP contribution in [0.25, 0.3) is 0 Å². The van der Waals surface area contributed by atoms with E-state index in [4.69, 9.17) is 10.6 Å². The van der Waals surface area contributed by atoms with Crippen molar-refractivity contribution in [2.24, 2.45) is 10.8 Å². The Morgan fingerprint density at radius 2 is 2.35 bits per heavy atom. The standard InChI is InChI=1S/C12H26N4O/c1-2-3-8-14-12(16-13)15-9-7-11-6-4-5-10-17-11/h11H,2-10,13H2,1H3,(H2,14,15,16). The van der Waals surface area contributed by atoms with E-state index in [1.54, 1.807) is 0 Å². The van der Waals surface area contributed by atoms with Gasteiger partial charge in [0, 0.05) is 19.7 Å². The second-order valence-corrected chi connectivity index (χ2v) is 4.43. The van der Waals surface area contributed by atoms with Gasteiger partial charge >= 0.3 is 0 Å². The minimum absolute atomic E-state index is 0.408. The lowest BCUT2D eigenvalue weighted by Gasteiger charge is -2.22. The molecule has 5 nitrogen and oxygen atoms in total. The summed E-state index contributed by atoms with van der Waals surface area (Å²) in [6.07, 6.45) is 7.35. The van der Waals surface area contributed by atoms with E-state index in [9.17, 15) is 0 Å². The molecule has 1 fully saturated rings. The molecule has 0 aromatic carbocycles. The van der Waals surface area contributed by atoms with Gasteiger partial charge < -0.3 is 10.1 Å². The summed E-state index contributed by atoms with van der Waals surface area (Å²) in [6.45, 7) is 4.75. The molecular weight excluding hydrogens is 216 g/mol. The first-order chi connectivity index (χ1) is 8.36. The summed E-state index contributed by atoms with van der Waals surface area (Å²) in [6, 6.07) is 0. The molecule has 0 spiro atoms. The predicted molar refractivity (Wildman–Crippen MR) is 70.7 cm³/mol. The van der Waals surface area contributed by atoms with Crippen LogP contribution < -0.4 is 16.6 Å². The number of hydrogen-bond donors (Lipinski definition) is 3. The first kappa shape index (κ1) is 14.3. The van der Waals surface area contributed by atoms with Crippen LogP contribution in [-0.4, -0.2) is 31.8 Å². The van der Waals surface area contributed by atoms with Crippen LogP contribution in [0.2, 0.25) is 0 Å². The highest BCUT2D eigenvalue weighted by molar-refractivity contribution is 5.79. The van der Waals surface area contributed by atoms with E-state index in [2.05, 4.69) is 22.7 Å². The summed E-state index contributed by atoms with van der Waals surface area (Å²) in [4.78, 5) is 4.34. The van der Waals surface area contributed by atoms with E-state index < -0.39 is 0 Å². The maximum Gasteiger partial charge on any atom is 0.205 e. The van der Waals surface area contributed by atoms with Crippen molar-refractivity contribution >= 4 is 5.96 Å². The van der Waals surface area contributed by atoms with Gasteiger partial charge in [-0.05, 0) is 32.1 Å². The van der Waals surface area contributed by atoms with Crippen molar-refractivity contribution in [1.29, 1.82) is 0 Å². The molecule has 1 aliphatic rings. The Labute approximate surface area is 104 Å². The summed E-state index contributed by atoms with van der Waals surface area (Å²) in [5.41, 5.74) is 2.60. The Morgan fingerprint density at radius 3 is 3.00 bits per heavy atom. The fourth-order valence-corrected chi connectivity index (χ4v) is 1.89. The molecular formula is C12H26N4O. The maximum absolute atomic E-state index is 5.66. The van der Waals surface area contributed by atoms with Gasteiger partial charge in [0.1, 0.15) is 0 Å². The fourth-order valence-electron chi connectivity index (χ4n) is 1.89. The first-order valence-corrected chi connectivity index (χ1v) is 6.73. The largest absolute Gasteiger partial charge is 0.378 e. The third-order valence-electron chi connectivity index (χ3n) is 2.95. The molecule has 1 heterocycles. The Hall–Kier alpha value is -0.810. The van der Waals surface area contributed by atoms with Crippen LogP contribution in [0.4, 0.5) is 0 Å². The number of rotatable bonds is 6. The van der Waals surface area contributed by atoms with Crippen LogP contribution in [0, 0.1) is 0 Å². The van der Waals surface area contributed by atoms with E-state index in [-0.39, 0.29) is 0 Å². The molecule has 1 rings (SSSR count). The van der Waals surface area contributed by atoms with Gasteiger partial charge in [-0.2, -0.15) is 0 Å². The minimum atomic E-state index is 0.408. The van der Waals surface area contributed by atoms with Crippen molar-refractivity contribution < 1.29 is 4.74 Å². The Kier molecular flexibility index (Phi) is 7.75. The number of guanidine groups is 1. The molecule has 0 radical (unpaired) electrons. The molecule has 0 bridgehead atoms. The number of ether oxygens (including phenoxy) is 1. The third-order valence-corrected chi connectivity index (χ3v) is 2.95. The van der Waals surface area contributed by atoms with E-state index in [1.807, 2.05) is 0 Å². The van der Waals surface area contributed by atoms with Crippen molar-refractivity contribution in [3.63, 3.8) is 0 Å². The monoisotopic (exact) mass is 242 g/mol. The number of unbranched alkanes of at least 4 members (excludes halogenated alkanes) is 1. The number of nitrogens with two attached hydrogens (primary N) is 1. The molecule has 1 saturated heterocycles. The van der Waals surface area contributed by atoms with Gasteiger partial charge in [-0.25, -0.2) is 5.84 Å². The third kappa shape index (κ3) is 6.48. The van der Waals surface area contributed by atoms with Crippen molar-refractivity contribution in [2.45, 2.75) is 51.6 Å². The van der Waals surface area contributed by atoms with Crippen LogP contribution >= 0.6 is 0 Å². The maximum atomic E-state index is 5.66. The van der Waals surface area contributed by atoms with E-state index >= 15 is 0 Å². The summed E-state index contributed by atoms with van der Waals surface area (Å²) in [7, 11) is 0. The van der Waals surface area contributed by atoms with Crippen molar-refractivity contribution in [3.8, 4) is 0 Å². The average molecular weight is 242 g/mol. The predicted octanol–water partition coefficient (Wildman–Crippen LogP) is 1.15. The van der Waals surface area contributed by atoms with Crippen molar-refractivity contribution in [2.75, 3.05) is 19.7 Å². The molecule has 100 valence electrons. The summed E-state index contributed by atoms with van der Waals surface area (Å²) in [5.74, 6) is 6.09. The van der Waals surface area contributed by atoms with Crippen molar-refractivity contribution in [3.05, 3.63) is 0 Å². The summed E-state index contributed by atoms with van der Waals surface area (Å²) >= 11 is 0. The van der Waals surface area contributed by atoms with Gasteiger partial charge in [0.05, 0.1) is 6.10 Å². The second kappa shape index (κ2) is 9.24. The van der Waals surface area contributed by atoms with Gasteiger partial charge in [0.25, 0.3) is 0 Å². The highest BCUT2D eigenvalue weighted by Gasteiger charge is 2.13. The normalized spacial score (nSPS) is 21.3. The number of hydrogen-bond acceptors (Lipinski definition) is 3. The molecule has 4 N–H and O–H groups in total. The molecule has 5 heteroatoms. The zero-order valence-corrected chi connectivity index (χ0v) is 10.9. The SMILES string of the molecule is CCCCN=C(NN)NCCC1CCCCO1. The molecule has 1 unspecified atom stereocenters. The quantitative estimate of drug-likeness (QED) is 0.215. The topological polar surface area (TPSA) is 71.7 Å². The molecule has 0 aromatic rings. The van der Waals surface area contributed by atoms with Gasteiger partial charge in [0.15, 0.2) is 0 Å². The Bertz CT molecular complexity index is 215. The van der Waals surface area contributed by atoms with Crippen LogP contribution in [0.15, 0.2) is 4.99 Å². The lowest BCUT2D eigenvalue weighted by Crippen LogP contribution is -2.42. The average Bonchev–Trinajstić information content (AvgIpc) is 2.38. The zero-order valence-electron chi connectivity index (χ0n) is 10.9. The second-order valence-electron chi connectivity index (χ2n) is 4.43. The Balaban J connectivity index is 2.11. The van der Waals surface area contributed by atoms with Gasteiger partial charge in [-0.15, -0.1) is 0 Å². The summed E-state index contributed by atoms with van der Waals surface area (Å²) < 4.78 is 5.66. The molecule has 0 aliphatic carbocycles. The number of aliphatic imine (C=N–C) groups is 1. The van der Waals surface area contributed by atoms with E-state index in [0.717, 1.165) is 39.0 Å². The lowest BCUT2D eigenvalue weighted by atomic mass is 10.1. The molecule has 0 aromatic heterocycles. The number of hydrazine groups is 1. The van der Waals surface area contributed by atoms with Gasteiger partial charge in [-0.1, -0.05) is 13.3 Å². The molecule has 17 heavy (non-hydrogen) atoms. The highest BCUT2D eigenvalue weighted by atomic mass is 16.5.